The second-order valence-corrected chi connectivity index (χ2v) is 5.84. The van der Waals surface area contributed by atoms with Crippen molar-refractivity contribution in [1.82, 2.24) is 9.59 Å². The number of rotatable bonds is 5. The van der Waals surface area contributed by atoms with Gasteiger partial charge in [0.1, 0.15) is 17.2 Å². The average molecular weight is 319 g/mol. The molecule has 6 nitrogen and oxygen atoms in total. The van der Waals surface area contributed by atoms with Crippen LogP contribution < -0.4 is 10.1 Å². The summed E-state index contributed by atoms with van der Waals surface area (Å²) in [6.45, 7) is 3.05. The molecule has 1 unspecified atom stereocenters. The van der Waals surface area contributed by atoms with Crippen LogP contribution in [0.1, 0.15) is 28.2 Å². The lowest BCUT2D eigenvalue weighted by Gasteiger charge is -2.14. The monoisotopic (exact) mass is 319 g/mol. The number of ether oxygens (including phenoxy) is 2. The van der Waals surface area contributed by atoms with Crippen LogP contribution >= 0.6 is 11.5 Å². The number of carbonyl (C=O) groups excluding carboxylic acids is 1. The summed E-state index contributed by atoms with van der Waals surface area (Å²) >= 11 is 1.08. The summed E-state index contributed by atoms with van der Waals surface area (Å²) in [5.41, 5.74) is 1.26. The molecule has 1 amide bonds. The first-order valence-electron chi connectivity index (χ1n) is 7.18. The lowest BCUT2D eigenvalue weighted by Crippen LogP contribution is -2.18. The van der Waals surface area contributed by atoms with Gasteiger partial charge in [-0.3, -0.25) is 4.79 Å². The molecule has 1 aromatic carbocycles. The molecule has 0 saturated carbocycles. The van der Waals surface area contributed by atoms with Crippen LogP contribution in [0.2, 0.25) is 0 Å². The molecule has 7 heteroatoms. The summed E-state index contributed by atoms with van der Waals surface area (Å²) in [6, 6.07) is 7.38. The van der Waals surface area contributed by atoms with Gasteiger partial charge >= 0.3 is 0 Å². The van der Waals surface area contributed by atoms with Crippen LogP contribution in [0.3, 0.4) is 0 Å². The van der Waals surface area contributed by atoms with Crippen molar-refractivity contribution in [3.63, 3.8) is 0 Å². The number of aromatic nitrogens is 2. The van der Waals surface area contributed by atoms with E-state index in [1.165, 1.54) is 0 Å². The second kappa shape index (κ2) is 6.85. The number of nitrogens with one attached hydrogen (secondary N) is 1. The Morgan fingerprint density at radius 3 is 3.09 bits per heavy atom. The van der Waals surface area contributed by atoms with E-state index in [0.717, 1.165) is 31.0 Å². The highest BCUT2D eigenvalue weighted by atomic mass is 32.1. The van der Waals surface area contributed by atoms with E-state index in [4.69, 9.17) is 9.47 Å². The van der Waals surface area contributed by atoms with Gasteiger partial charge in [-0.1, -0.05) is 16.6 Å². The van der Waals surface area contributed by atoms with Crippen LogP contribution in [0, 0.1) is 6.92 Å². The molecule has 1 aliphatic heterocycles. The third-order valence-corrected chi connectivity index (χ3v) is 4.27. The van der Waals surface area contributed by atoms with Gasteiger partial charge in [0.2, 0.25) is 0 Å². The quantitative estimate of drug-likeness (QED) is 0.917. The molecule has 1 atom stereocenters. The van der Waals surface area contributed by atoms with E-state index in [-0.39, 0.29) is 12.0 Å². The normalized spacial score (nSPS) is 17.4. The van der Waals surface area contributed by atoms with Crippen molar-refractivity contribution in [2.24, 2.45) is 0 Å². The van der Waals surface area contributed by atoms with Crippen molar-refractivity contribution in [3.8, 4) is 5.75 Å². The molecule has 1 aromatic heterocycles. The maximum atomic E-state index is 12.2. The standard InChI is InChI=1S/C15H17N3O3S/c1-10-14(22-18-17-10)15(19)16-12-6-2-3-7-13(12)21-9-11-5-4-8-20-11/h2-3,6-7,11H,4-5,8-9H2,1H3,(H,16,19). The fraction of sp³-hybridized carbons (Fsp3) is 0.400. The lowest BCUT2D eigenvalue weighted by molar-refractivity contribution is 0.0682. The van der Waals surface area contributed by atoms with Gasteiger partial charge in [-0.15, -0.1) is 5.10 Å². The molecule has 0 spiro atoms. The summed E-state index contributed by atoms with van der Waals surface area (Å²) in [5.74, 6) is 0.419. The van der Waals surface area contributed by atoms with Gasteiger partial charge in [0.25, 0.3) is 5.91 Å². The molecule has 1 N–H and O–H groups in total. The molecule has 1 fully saturated rings. The summed E-state index contributed by atoms with van der Waals surface area (Å²) in [7, 11) is 0. The molecule has 0 radical (unpaired) electrons. The predicted molar refractivity (Wildman–Crippen MR) is 83.5 cm³/mol. The van der Waals surface area contributed by atoms with E-state index in [1.807, 2.05) is 24.3 Å². The largest absolute Gasteiger partial charge is 0.489 e. The summed E-state index contributed by atoms with van der Waals surface area (Å²) in [6.07, 6.45) is 2.22. The van der Waals surface area contributed by atoms with E-state index in [1.54, 1.807) is 6.92 Å². The minimum Gasteiger partial charge on any atom is -0.489 e. The van der Waals surface area contributed by atoms with Crippen LogP contribution in [-0.4, -0.2) is 34.8 Å². The average Bonchev–Trinajstić information content (AvgIpc) is 3.17. The first kappa shape index (κ1) is 14.9. The number of benzene rings is 1. The molecule has 1 aliphatic rings. The Labute approximate surface area is 132 Å². The van der Waals surface area contributed by atoms with Crippen LogP contribution in [0.5, 0.6) is 5.75 Å². The third kappa shape index (κ3) is 3.42. The van der Waals surface area contributed by atoms with Gasteiger partial charge in [-0.25, -0.2) is 0 Å². The zero-order chi connectivity index (χ0) is 15.4. The number of carbonyl (C=O) groups is 1. The van der Waals surface area contributed by atoms with Crippen molar-refractivity contribution < 1.29 is 14.3 Å². The Bertz CT molecular complexity index is 653. The number of hydrogen-bond acceptors (Lipinski definition) is 6. The molecule has 0 aliphatic carbocycles. The highest BCUT2D eigenvalue weighted by molar-refractivity contribution is 7.08. The van der Waals surface area contributed by atoms with E-state index in [9.17, 15) is 4.79 Å². The highest BCUT2D eigenvalue weighted by Crippen LogP contribution is 2.26. The van der Waals surface area contributed by atoms with Gasteiger partial charge in [0.05, 0.1) is 17.5 Å². The highest BCUT2D eigenvalue weighted by Gasteiger charge is 2.18. The number of hydrogen-bond donors (Lipinski definition) is 1. The van der Waals surface area contributed by atoms with Crippen LogP contribution in [0.4, 0.5) is 5.69 Å². The molecule has 2 heterocycles. The van der Waals surface area contributed by atoms with Gasteiger partial charge in [0.15, 0.2) is 0 Å². The second-order valence-electron chi connectivity index (χ2n) is 5.08. The molecule has 0 bridgehead atoms. The zero-order valence-electron chi connectivity index (χ0n) is 12.2. The zero-order valence-corrected chi connectivity index (χ0v) is 13.1. The fourth-order valence-electron chi connectivity index (χ4n) is 2.27. The van der Waals surface area contributed by atoms with Crippen molar-refractivity contribution in [3.05, 3.63) is 34.8 Å². The number of para-hydroxylation sites is 2. The first-order valence-corrected chi connectivity index (χ1v) is 7.95. The van der Waals surface area contributed by atoms with E-state index in [0.29, 0.717) is 28.6 Å². The van der Waals surface area contributed by atoms with Crippen molar-refractivity contribution in [1.29, 1.82) is 0 Å². The van der Waals surface area contributed by atoms with Crippen molar-refractivity contribution >= 4 is 23.1 Å². The summed E-state index contributed by atoms with van der Waals surface area (Å²) < 4.78 is 15.1. The first-order chi connectivity index (χ1) is 10.7. The summed E-state index contributed by atoms with van der Waals surface area (Å²) in [4.78, 5) is 12.8. The Balaban J connectivity index is 1.68. The Morgan fingerprint density at radius 1 is 1.50 bits per heavy atom. The van der Waals surface area contributed by atoms with E-state index in [2.05, 4.69) is 14.9 Å². The van der Waals surface area contributed by atoms with E-state index < -0.39 is 0 Å². The maximum absolute atomic E-state index is 12.2. The minimum atomic E-state index is -0.222. The van der Waals surface area contributed by atoms with Crippen LogP contribution in [-0.2, 0) is 4.74 Å². The van der Waals surface area contributed by atoms with Crippen LogP contribution in [0.25, 0.3) is 0 Å². The molecular weight excluding hydrogens is 302 g/mol. The third-order valence-electron chi connectivity index (χ3n) is 3.44. The van der Waals surface area contributed by atoms with Crippen molar-refractivity contribution in [2.75, 3.05) is 18.5 Å². The number of amides is 1. The fourth-order valence-corrected chi connectivity index (χ4v) is 2.82. The Morgan fingerprint density at radius 2 is 2.36 bits per heavy atom. The van der Waals surface area contributed by atoms with Gasteiger partial charge in [-0.05, 0) is 43.4 Å². The summed E-state index contributed by atoms with van der Waals surface area (Å²) in [5, 5.41) is 6.71. The van der Waals surface area contributed by atoms with Crippen molar-refractivity contribution in [2.45, 2.75) is 25.9 Å². The minimum absolute atomic E-state index is 0.136. The molecule has 2 aromatic rings. The predicted octanol–water partition coefficient (Wildman–Crippen LogP) is 2.66. The topological polar surface area (TPSA) is 73.3 Å². The molecule has 22 heavy (non-hydrogen) atoms. The van der Waals surface area contributed by atoms with Gasteiger partial charge < -0.3 is 14.8 Å². The molecule has 116 valence electrons. The number of nitrogens with zero attached hydrogens (tertiary/aromatic N) is 2. The Kier molecular flexibility index (Phi) is 4.65. The van der Waals surface area contributed by atoms with Gasteiger partial charge in [-0.2, -0.15) is 0 Å². The van der Waals surface area contributed by atoms with E-state index >= 15 is 0 Å². The molecule has 1 saturated heterocycles. The molecular formula is C15H17N3O3S. The Hall–Kier alpha value is -1.99. The molecule has 3 rings (SSSR count). The SMILES string of the molecule is Cc1nnsc1C(=O)Nc1ccccc1OCC1CCCO1. The van der Waals surface area contributed by atoms with Gasteiger partial charge in [0, 0.05) is 6.61 Å². The number of aryl methyl sites for hydroxylation is 1. The lowest BCUT2D eigenvalue weighted by atomic mass is 10.2. The smallest absolute Gasteiger partial charge is 0.269 e. The maximum Gasteiger partial charge on any atom is 0.269 e. The van der Waals surface area contributed by atoms with Crippen LogP contribution in [0.15, 0.2) is 24.3 Å². The number of anilines is 1.